The molecule has 34 heavy (non-hydrogen) atoms. The summed E-state index contributed by atoms with van der Waals surface area (Å²) in [5.41, 5.74) is 2.94. The number of cyclic esters (lactones) is 1. The van der Waals surface area contributed by atoms with E-state index < -0.39 is 12.0 Å². The minimum absolute atomic E-state index is 0.182. The van der Waals surface area contributed by atoms with Crippen molar-refractivity contribution in [1.29, 1.82) is 0 Å². The van der Waals surface area contributed by atoms with Gasteiger partial charge in [-0.25, -0.2) is 4.39 Å². The fraction of sp³-hybridized carbons (Fsp3) is 0.333. The Morgan fingerprint density at radius 3 is 2.79 bits per heavy atom. The minimum atomic E-state index is -0.529. The van der Waals surface area contributed by atoms with Gasteiger partial charge in [-0.3, -0.25) is 14.7 Å². The number of nitrogens with one attached hydrogen (secondary N) is 3. The number of H-pyrrole nitrogens is 1. The Bertz CT molecular complexity index is 1120. The first-order valence-electron chi connectivity index (χ1n) is 11.0. The zero-order chi connectivity index (χ0) is 23.9. The number of hydrogen-bond acceptors (Lipinski definition) is 7. The maximum absolute atomic E-state index is 14.9. The molecule has 1 amide bonds. The van der Waals surface area contributed by atoms with Gasteiger partial charge in [0.15, 0.2) is 0 Å². The molecule has 0 bridgehead atoms. The van der Waals surface area contributed by atoms with Crippen molar-refractivity contribution in [2.75, 3.05) is 18.8 Å². The number of carbonyl (C=O) groups is 2. The van der Waals surface area contributed by atoms with Crippen LogP contribution >= 0.6 is 11.8 Å². The third-order valence-corrected chi connectivity index (χ3v) is 6.48. The van der Waals surface area contributed by atoms with Crippen molar-refractivity contribution in [2.45, 2.75) is 36.9 Å². The monoisotopic (exact) mass is 483 g/mol. The summed E-state index contributed by atoms with van der Waals surface area (Å²) < 4.78 is 20.3. The van der Waals surface area contributed by atoms with Gasteiger partial charge in [0.2, 0.25) is 5.91 Å². The van der Waals surface area contributed by atoms with E-state index in [-0.39, 0.29) is 24.2 Å². The maximum atomic E-state index is 14.9. The quantitative estimate of drug-likeness (QED) is 0.231. The number of esters is 1. The zero-order valence-electron chi connectivity index (χ0n) is 18.7. The predicted molar refractivity (Wildman–Crippen MR) is 127 cm³/mol. The smallest absolute Gasteiger partial charge is 0.313 e. The lowest BCUT2D eigenvalue weighted by atomic mass is 9.93. The number of aromatic amines is 1. The van der Waals surface area contributed by atoms with Crippen LogP contribution in [0, 0.1) is 5.82 Å². The summed E-state index contributed by atoms with van der Waals surface area (Å²) in [7, 11) is 0. The number of ether oxygens (including phenoxy) is 1. The van der Waals surface area contributed by atoms with Crippen molar-refractivity contribution in [3.63, 3.8) is 0 Å². The molecular weight excluding hydrogens is 457 g/mol. The van der Waals surface area contributed by atoms with Crippen LogP contribution in [0.3, 0.4) is 0 Å². The molecule has 1 aromatic heterocycles. The molecule has 10 heteroatoms. The molecule has 3 N–H and O–H groups in total. The summed E-state index contributed by atoms with van der Waals surface area (Å²) in [6.07, 6.45) is 1.71. The fourth-order valence-electron chi connectivity index (χ4n) is 3.82. The Morgan fingerprint density at radius 2 is 2.09 bits per heavy atom. The molecule has 2 atom stereocenters. The summed E-state index contributed by atoms with van der Waals surface area (Å²) in [6, 6.07) is 12.6. The Kier molecular flexibility index (Phi) is 7.91. The Balaban J connectivity index is 1.31. The number of hydrogen-bond donors (Lipinski definition) is 3. The van der Waals surface area contributed by atoms with Crippen molar-refractivity contribution in [1.82, 2.24) is 26.0 Å². The van der Waals surface area contributed by atoms with Gasteiger partial charge in [0.25, 0.3) is 0 Å². The summed E-state index contributed by atoms with van der Waals surface area (Å²) in [6.45, 7) is 3.22. The topological polar surface area (TPSA) is 109 Å². The molecule has 0 radical (unpaired) electrons. The average Bonchev–Trinajstić information content (AvgIpc) is 3.47. The molecule has 2 aromatic carbocycles. The molecule has 1 aliphatic rings. The molecule has 8 nitrogen and oxygen atoms in total. The predicted octanol–water partition coefficient (Wildman–Crippen LogP) is 3.03. The van der Waals surface area contributed by atoms with Crippen molar-refractivity contribution in [2.24, 2.45) is 0 Å². The van der Waals surface area contributed by atoms with Crippen molar-refractivity contribution in [3.05, 3.63) is 65.6 Å². The molecule has 1 fully saturated rings. The second kappa shape index (κ2) is 11.3. The molecule has 4 rings (SSSR count). The van der Waals surface area contributed by atoms with Gasteiger partial charge >= 0.3 is 5.97 Å². The van der Waals surface area contributed by atoms with E-state index in [0.29, 0.717) is 24.1 Å². The standard InChI is InChI=1S/C24H26FN5O3S/c1-15(31)27-13-19-11-21(24(32)33-19)18-6-7-20(22(25)10-18)17-4-2-16(3-5-17)12-26-8-9-34-23-14-28-30-29-23/h2-7,10,14,19,21,26H,8-9,11-13H2,1H3,(H,27,31)(H,28,29,30)/t19-,21?/m0/s1. The molecule has 0 spiro atoms. The highest BCUT2D eigenvalue weighted by molar-refractivity contribution is 7.99. The minimum Gasteiger partial charge on any atom is -0.460 e. The van der Waals surface area contributed by atoms with Gasteiger partial charge in [0.05, 0.1) is 18.7 Å². The van der Waals surface area contributed by atoms with Crippen LogP contribution in [0.4, 0.5) is 4.39 Å². The van der Waals surface area contributed by atoms with Crippen LogP contribution in [-0.4, -0.2) is 52.2 Å². The molecule has 0 aliphatic carbocycles. The van der Waals surface area contributed by atoms with Crippen LogP contribution in [0.5, 0.6) is 0 Å². The first-order valence-corrected chi connectivity index (χ1v) is 12.0. The first-order chi connectivity index (χ1) is 16.5. The van der Waals surface area contributed by atoms with Crippen LogP contribution in [0.1, 0.15) is 30.4 Å². The van der Waals surface area contributed by atoms with E-state index >= 15 is 0 Å². The average molecular weight is 484 g/mol. The number of amides is 1. The lowest BCUT2D eigenvalue weighted by Crippen LogP contribution is -2.30. The molecule has 178 valence electrons. The Morgan fingerprint density at radius 1 is 1.26 bits per heavy atom. The third-order valence-electron chi connectivity index (χ3n) is 5.56. The van der Waals surface area contributed by atoms with Gasteiger partial charge in [0, 0.05) is 37.8 Å². The van der Waals surface area contributed by atoms with Crippen molar-refractivity contribution in [3.8, 4) is 11.1 Å². The molecule has 0 saturated carbocycles. The van der Waals surface area contributed by atoms with Gasteiger partial charge in [0.1, 0.15) is 16.9 Å². The molecule has 1 saturated heterocycles. The fourth-order valence-corrected chi connectivity index (χ4v) is 4.51. The molecule has 2 heterocycles. The normalized spacial score (nSPS) is 17.5. The lowest BCUT2D eigenvalue weighted by molar-refractivity contribution is -0.142. The lowest BCUT2D eigenvalue weighted by Gasteiger charge is -2.11. The highest BCUT2D eigenvalue weighted by Crippen LogP contribution is 2.33. The van der Waals surface area contributed by atoms with Crippen molar-refractivity contribution < 1.29 is 18.7 Å². The SMILES string of the molecule is CC(=O)NC[C@@H]1CC(c2ccc(-c3ccc(CNCCSc4cnn[nH]4)cc3)c(F)c2)C(=O)O1. The summed E-state index contributed by atoms with van der Waals surface area (Å²) in [4.78, 5) is 23.3. The van der Waals surface area contributed by atoms with Crippen molar-refractivity contribution >= 4 is 23.6 Å². The van der Waals surface area contributed by atoms with Gasteiger partial charge in [-0.05, 0) is 22.8 Å². The second-order valence-electron chi connectivity index (χ2n) is 8.07. The highest BCUT2D eigenvalue weighted by Gasteiger charge is 2.35. The van der Waals surface area contributed by atoms with Gasteiger partial charge in [-0.2, -0.15) is 0 Å². The molecule has 3 aromatic rings. The highest BCUT2D eigenvalue weighted by atomic mass is 32.2. The molecule has 1 aliphatic heterocycles. The Labute approximate surface area is 201 Å². The van der Waals surface area contributed by atoms with Crippen LogP contribution in [0.15, 0.2) is 53.7 Å². The summed E-state index contributed by atoms with van der Waals surface area (Å²) >= 11 is 1.65. The Hall–Kier alpha value is -3.24. The number of halogens is 1. The van der Waals surface area contributed by atoms with Crippen LogP contribution < -0.4 is 10.6 Å². The van der Waals surface area contributed by atoms with Crippen LogP contribution in [0.2, 0.25) is 0 Å². The van der Waals surface area contributed by atoms with Gasteiger partial charge in [-0.1, -0.05) is 41.6 Å². The first kappa shape index (κ1) is 23.9. The molecular formula is C24H26FN5O3S. The van der Waals surface area contributed by atoms with Crippen LogP contribution in [-0.2, 0) is 20.9 Å². The molecule has 1 unspecified atom stereocenters. The van der Waals surface area contributed by atoms with E-state index in [4.69, 9.17) is 4.74 Å². The summed E-state index contributed by atoms with van der Waals surface area (Å²) in [5, 5.41) is 17.2. The zero-order valence-corrected chi connectivity index (χ0v) is 19.5. The number of thioether (sulfide) groups is 1. The largest absolute Gasteiger partial charge is 0.460 e. The van der Waals surface area contributed by atoms with Gasteiger partial charge in [-0.15, -0.1) is 16.9 Å². The number of nitrogens with zero attached hydrogens (tertiary/aromatic N) is 2. The van der Waals surface area contributed by atoms with E-state index in [1.807, 2.05) is 24.3 Å². The van der Waals surface area contributed by atoms with E-state index in [9.17, 15) is 14.0 Å². The van der Waals surface area contributed by atoms with Crippen LogP contribution in [0.25, 0.3) is 11.1 Å². The van der Waals surface area contributed by atoms with Gasteiger partial charge < -0.3 is 15.4 Å². The van der Waals surface area contributed by atoms with E-state index in [2.05, 4.69) is 26.0 Å². The number of aromatic nitrogens is 3. The van der Waals surface area contributed by atoms with E-state index in [0.717, 1.165) is 28.5 Å². The third kappa shape index (κ3) is 6.21. The number of benzene rings is 2. The van der Waals surface area contributed by atoms with E-state index in [1.54, 1.807) is 30.1 Å². The van der Waals surface area contributed by atoms with E-state index in [1.165, 1.54) is 13.0 Å². The maximum Gasteiger partial charge on any atom is 0.313 e. The second-order valence-corrected chi connectivity index (χ2v) is 9.20. The number of carbonyl (C=O) groups excluding carboxylic acids is 2. The number of rotatable bonds is 10. The summed E-state index contributed by atoms with van der Waals surface area (Å²) in [5.74, 6) is -0.592.